The Hall–Kier alpha value is -2.50. The van der Waals surface area contributed by atoms with E-state index in [-0.39, 0.29) is 17.1 Å². The fourth-order valence-corrected chi connectivity index (χ4v) is 2.29. The van der Waals surface area contributed by atoms with Crippen LogP contribution in [-0.4, -0.2) is 21.1 Å². The lowest BCUT2D eigenvalue weighted by molar-refractivity contribution is -0.132. The van der Waals surface area contributed by atoms with Crippen LogP contribution < -0.4 is 11.3 Å². The van der Waals surface area contributed by atoms with Gasteiger partial charge in [-0.3, -0.25) is 19.0 Å². The Labute approximate surface area is 130 Å². The molecule has 2 N–H and O–H groups in total. The van der Waals surface area contributed by atoms with Gasteiger partial charge < -0.3 is 5.73 Å². The van der Waals surface area contributed by atoms with E-state index < -0.39 is 66.6 Å². The first kappa shape index (κ1) is 7.49. The third-order valence-corrected chi connectivity index (χ3v) is 3.25. The predicted octanol–water partition coefficient (Wildman–Crippen LogP) is 1.15. The van der Waals surface area contributed by atoms with Crippen LogP contribution in [0.5, 0.6) is 0 Å². The molecule has 1 aromatic heterocycles. The third-order valence-electron chi connectivity index (χ3n) is 3.25. The fraction of sp³-hybridized carbons (Fsp3) is 0.333. The molecule has 0 radical (unpaired) electrons. The Morgan fingerprint density at radius 3 is 3.05 bits per heavy atom. The van der Waals surface area contributed by atoms with E-state index in [1.807, 2.05) is 0 Å². The largest absolute Gasteiger partial charge is 0.398 e. The summed E-state index contributed by atoms with van der Waals surface area (Å²) in [7, 11) is 0. The van der Waals surface area contributed by atoms with Crippen LogP contribution in [0.2, 0.25) is 0 Å². The van der Waals surface area contributed by atoms with E-state index >= 15 is 0 Å². The molecule has 1 saturated carbocycles. The van der Waals surface area contributed by atoms with Gasteiger partial charge in [0.05, 0.1) is 26.1 Å². The van der Waals surface area contributed by atoms with Crippen molar-refractivity contribution < 1.29 is 19.2 Å². The van der Waals surface area contributed by atoms with Crippen LogP contribution in [0.15, 0.2) is 22.9 Å². The maximum Gasteiger partial charge on any atom is 0.264 e. The van der Waals surface area contributed by atoms with Crippen LogP contribution in [-0.2, 0) is 9.59 Å². The van der Waals surface area contributed by atoms with Crippen LogP contribution in [0.3, 0.4) is 0 Å². The summed E-state index contributed by atoms with van der Waals surface area (Å²) in [6.07, 6.45) is -3.82. The number of aryl methyl sites for hydroxylation is 1. The lowest BCUT2D eigenvalue weighted by Crippen LogP contribution is -2.36. The molecule has 1 unspecified atom stereocenters. The van der Waals surface area contributed by atoms with E-state index in [1.54, 1.807) is 0 Å². The molecule has 1 aliphatic rings. The highest BCUT2D eigenvalue weighted by Gasteiger charge is 2.30. The molecule has 1 fully saturated rings. The molecular formula is C15H15N3O3. The van der Waals surface area contributed by atoms with Crippen LogP contribution in [0.1, 0.15) is 40.7 Å². The first-order valence-corrected chi connectivity index (χ1v) is 6.12. The first-order chi connectivity index (χ1) is 12.8. The summed E-state index contributed by atoms with van der Waals surface area (Å²) in [5, 5.41) is -0.380. The Morgan fingerprint density at radius 1 is 1.52 bits per heavy atom. The van der Waals surface area contributed by atoms with Crippen LogP contribution in [0.4, 0.5) is 5.69 Å². The van der Waals surface area contributed by atoms with Crippen molar-refractivity contribution >= 4 is 28.2 Å². The zero-order valence-corrected chi connectivity index (χ0v) is 10.8. The molecule has 0 saturated heterocycles. The molecule has 2 aromatic rings. The Bertz CT molecular complexity index is 1090. The number of nitrogens with two attached hydrogens (primary N) is 1. The minimum absolute atomic E-state index is 0.251. The van der Waals surface area contributed by atoms with Gasteiger partial charge in [0.15, 0.2) is 5.78 Å². The molecule has 6 heteroatoms. The molecule has 108 valence electrons. The quantitative estimate of drug-likeness (QED) is 0.628. The Kier molecular flexibility index (Phi) is 1.71. The average Bonchev–Trinajstić information content (AvgIpc) is 2.50. The fourth-order valence-electron chi connectivity index (χ4n) is 2.29. The van der Waals surface area contributed by atoms with E-state index in [9.17, 15) is 14.4 Å². The highest BCUT2D eigenvalue weighted by molar-refractivity contribution is 6.03. The number of nitrogens with zero attached hydrogens (tertiary/aromatic N) is 2. The number of hydrogen-bond acceptors (Lipinski definition) is 5. The smallest absolute Gasteiger partial charge is 0.264 e. The van der Waals surface area contributed by atoms with Gasteiger partial charge in [-0.05, 0) is 25.3 Å². The van der Waals surface area contributed by atoms with Crippen molar-refractivity contribution in [2.24, 2.45) is 0 Å². The molecular weight excluding hydrogens is 270 g/mol. The highest BCUT2D eigenvalue weighted by atomic mass is 16.2. The lowest BCUT2D eigenvalue weighted by atomic mass is 9.92. The number of ketones is 2. The summed E-state index contributed by atoms with van der Waals surface area (Å²) in [6.45, 7) is -3.04. The Morgan fingerprint density at radius 2 is 2.33 bits per heavy atom. The molecule has 1 aliphatic carbocycles. The second-order valence-electron chi connectivity index (χ2n) is 4.67. The van der Waals surface area contributed by atoms with Crippen LogP contribution in [0.25, 0.3) is 10.9 Å². The number of carbonyl (C=O) groups excluding carboxylic acids is 2. The van der Waals surface area contributed by atoms with Gasteiger partial charge in [-0.1, -0.05) is 6.04 Å². The van der Waals surface area contributed by atoms with Gasteiger partial charge in [-0.25, -0.2) is 4.98 Å². The SMILES string of the molecule is [2H]c1cc(N)c2c(=O)n(C3C(=O)CC(=O)CC3([2H])[2H])c(C([2H])([2H])[2H])nc2c1[2H]. The van der Waals surface area contributed by atoms with Gasteiger partial charge in [0.2, 0.25) is 0 Å². The van der Waals surface area contributed by atoms with Crippen molar-refractivity contribution in [2.45, 2.75) is 32.1 Å². The molecule has 1 atom stereocenters. The van der Waals surface area contributed by atoms with E-state index in [4.69, 9.17) is 15.3 Å². The summed E-state index contributed by atoms with van der Waals surface area (Å²) < 4.78 is 55.3. The van der Waals surface area contributed by atoms with Gasteiger partial charge in [-0.15, -0.1) is 0 Å². The van der Waals surface area contributed by atoms with Gasteiger partial charge >= 0.3 is 0 Å². The molecule has 0 bridgehead atoms. The molecule has 1 aromatic carbocycles. The summed E-state index contributed by atoms with van der Waals surface area (Å²) in [5.41, 5.74) is 4.00. The number of anilines is 1. The monoisotopic (exact) mass is 292 g/mol. The molecule has 1 heterocycles. The van der Waals surface area contributed by atoms with E-state index in [0.29, 0.717) is 4.57 Å². The van der Waals surface area contributed by atoms with Gasteiger partial charge in [0, 0.05) is 19.0 Å². The predicted molar refractivity (Wildman–Crippen MR) is 78.1 cm³/mol. The molecule has 6 nitrogen and oxygen atoms in total. The number of hydrogen-bond donors (Lipinski definition) is 1. The van der Waals surface area contributed by atoms with E-state index in [2.05, 4.69) is 4.98 Å². The number of rotatable bonds is 1. The topological polar surface area (TPSA) is 95.0 Å². The van der Waals surface area contributed by atoms with E-state index in [0.717, 1.165) is 6.07 Å². The normalized spacial score (nSPS) is 27.0. The Balaban J connectivity index is 2.49. The second kappa shape index (κ2) is 4.80. The highest BCUT2D eigenvalue weighted by Crippen LogP contribution is 2.24. The molecule has 0 amide bonds. The van der Waals surface area contributed by atoms with Crippen molar-refractivity contribution in [1.82, 2.24) is 9.55 Å². The standard InChI is InChI=1S/C15H15N3O3/c1-8-17-11-4-2-3-10(16)14(11)15(21)18(8)12-6-5-9(19)7-13(12)20/h2-4,12H,5-7,16H2,1H3/i1D3,2D,4D,6D2. The average molecular weight is 292 g/mol. The minimum atomic E-state index is -3.04. The summed E-state index contributed by atoms with van der Waals surface area (Å²) in [6, 6.07) is -1.75. The van der Waals surface area contributed by atoms with Gasteiger partial charge in [0.25, 0.3) is 5.56 Å². The number of benzene rings is 1. The number of fused-ring (bicyclic) bond motifs is 1. The zero-order chi connectivity index (χ0) is 21.2. The number of Topliss-reactive ketones (excluding diaryl/α,β-unsaturated/α-hetero) is 2. The maximum absolute atomic E-state index is 13.1. The lowest BCUT2D eigenvalue weighted by Gasteiger charge is -2.24. The third kappa shape index (κ3) is 2.12. The van der Waals surface area contributed by atoms with Crippen LogP contribution >= 0.6 is 0 Å². The second-order valence-corrected chi connectivity index (χ2v) is 4.67. The molecule has 0 spiro atoms. The number of nitrogen functional groups attached to an aromatic ring is 1. The molecule has 0 aliphatic heterocycles. The van der Waals surface area contributed by atoms with Crippen molar-refractivity contribution in [3.8, 4) is 0 Å². The molecule has 21 heavy (non-hydrogen) atoms. The van der Waals surface area contributed by atoms with Crippen molar-refractivity contribution in [1.29, 1.82) is 0 Å². The van der Waals surface area contributed by atoms with Gasteiger partial charge in [0.1, 0.15) is 11.6 Å². The zero-order valence-electron chi connectivity index (χ0n) is 17.8. The van der Waals surface area contributed by atoms with Crippen molar-refractivity contribution in [2.75, 3.05) is 5.73 Å². The van der Waals surface area contributed by atoms with Crippen molar-refractivity contribution in [3.63, 3.8) is 0 Å². The number of aromatic nitrogens is 2. The summed E-state index contributed by atoms with van der Waals surface area (Å²) >= 11 is 0. The van der Waals surface area contributed by atoms with Gasteiger partial charge in [-0.2, -0.15) is 0 Å². The number of carbonyl (C=O) groups is 2. The molecule has 3 rings (SSSR count). The minimum Gasteiger partial charge on any atom is -0.398 e. The van der Waals surface area contributed by atoms with Crippen LogP contribution in [0, 0.1) is 6.85 Å². The van der Waals surface area contributed by atoms with Crippen molar-refractivity contribution in [3.05, 3.63) is 34.3 Å². The summed E-state index contributed by atoms with van der Waals surface area (Å²) in [4.78, 5) is 41.1. The van der Waals surface area contributed by atoms with E-state index in [1.165, 1.54) is 0 Å². The maximum atomic E-state index is 13.1. The first-order valence-electron chi connectivity index (χ1n) is 9.62. The summed E-state index contributed by atoms with van der Waals surface area (Å²) in [5.74, 6) is -2.51.